The molecule has 2 heterocycles. The van der Waals surface area contributed by atoms with Gasteiger partial charge in [0.05, 0.1) is 6.04 Å². The number of anilines is 2. The van der Waals surface area contributed by atoms with E-state index in [0.717, 1.165) is 56.6 Å². The lowest BCUT2D eigenvalue weighted by Crippen LogP contribution is -2.43. The monoisotopic (exact) mass is 490 g/mol. The summed E-state index contributed by atoms with van der Waals surface area (Å²) < 4.78 is 40.7. The smallest absolute Gasteiger partial charge is 0.406 e. The van der Waals surface area contributed by atoms with Crippen LogP contribution in [0.15, 0.2) is 42.5 Å². The van der Waals surface area contributed by atoms with Crippen molar-refractivity contribution < 1.29 is 27.5 Å². The SMILES string of the molecule is CN1CCc2cc(C(CNC(=O)C(=O)Nc3ccc(OC(F)(F)F)cc3)N3CCCCC3)ccc21. The van der Waals surface area contributed by atoms with Crippen LogP contribution in [-0.4, -0.2) is 56.3 Å². The van der Waals surface area contributed by atoms with Crippen molar-refractivity contribution >= 4 is 23.2 Å². The van der Waals surface area contributed by atoms with E-state index >= 15 is 0 Å². The number of hydrogen-bond donors (Lipinski definition) is 2. The van der Waals surface area contributed by atoms with Gasteiger partial charge in [-0.25, -0.2) is 0 Å². The van der Waals surface area contributed by atoms with Crippen LogP contribution in [0.4, 0.5) is 24.5 Å². The number of rotatable bonds is 6. The van der Waals surface area contributed by atoms with Crippen molar-refractivity contribution in [2.45, 2.75) is 38.1 Å². The molecule has 7 nitrogen and oxygen atoms in total. The number of likely N-dealkylation sites (tertiary alicyclic amines) is 1. The van der Waals surface area contributed by atoms with E-state index in [-0.39, 0.29) is 18.3 Å². The normalized spacial score (nSPS) is 17.0. The van der Waals surface area contributed by atoms with Crippen molar-refractivity contribution in [1.29, 1.82) is 0 Å². The van der Waals surface area contributed by atoms with E-state index in [1.165, 1.54) is 29.8 Å². The maximum Gasteiger partial charge on any atom is 0.573 e. The van der Waals surface area contributed by atoms with Crippen LogP contribution < -0.4 is 20.3 Å². The number of carbonyl (C=O) groups is 2. The van der Waals surface area contributed by atoms with Gasteiger partial charge < -0.3 is 20.3 Å². The van der Waals surface area contributed by atoms with Crippen molar-refractivity contribution in [1.82, 2.24) is 10.2 Å². The Bertz CT molecular complexity index is 1050. The lowest BCUT2D eigenvalue weighted by atomic mass is 9.98. The molecule has 0 aromatic heterocycles. The number of likely N-dealkylation sites (N-methyl/N-ethyl adjacent to an activating group) is 1. The Balaban J connectivity index is 1.39. The molecule has 2 aromatic carbocycles. The third kappa shape index (κ3) is 6.45. The van der Waals surface area contributed by atoms with Crippen molar-refractivity contribution in [3.8, 4) is 5.75 Å². The zero-order chi connectivity index (χ0) is 25.0. The van der Waals surface area contributed by atoms with Gasteiger partial charge in [0.2, 0.25) is 0 Å². The first-order chi connectivity index (χ1) is 16.7. The molecule has 2 N–H and O–H groups in total. The van der Waals surface area contributed by atoms with Crippen molar-refractivity contribution in [3.05, 3.63) is 53.6 Å². The summed E-state index contributed by atoms with van der Waals surface area (Å²) in [6.07, 6.45) is -0.461. The minimum Gasteiger partial charge on any atom is -0.406 e. The Morgan fingerprint density at radius 1 is 1.00 bits per heavy atom. The maximum atomic E-state index is 12.5. The number of nitrogens with one attached hydrogen (secondary N) is 2. The molecule has 0 radical (unpaired) electrons. The van der Waals surface area contributed by atoms with Gasteiger partial charge in [0.1, 0.15) is 5.75 Å². The first-order valence-corrected chi connectivity index (χ1v) is 11.7. The Kier molecular flexibility index (Phi) is 7.49. The zero-order valence-corrected chi connectivity index (χ0v) is 19.5. The van der Waals surface area contributed by atoms with E-state index < -0.39 is 23.9 Å². The summed E-state index contributed by atoms with van der Waals surface area (Å²) in [5.74, 6) is -2.10. The summed E-state index contributed by atoms with van der Waals surface area (Å²) in [6.45, 7) is 3.11. The summed E-state index contributed by atoms with van der Waals surface area (Å²) in [6, 6.07) is 11.0. The number of nitrogens with zero attached hydrogens (tertiary/aromatic N) is 2. The molecule has 2 aliphatic rings. The topological polar surface area (TPSA) is 73.9 Å². The van der Waals surface area contributed by atoms with Gasteiger partial charge in [-0.1, -0.05) is 18.6 Å². The quantitative estimate of drug-likeness (QED) is 0.602. The number of halogens is 3. The molecule has 1 saturated heterocycles. The van der Waals surface area contributed by atoms with E-state index in [1.54, 1.807) is 0 Å². The highest BCUT2D eigenvalue weighted by Gasteiger charge is 2.31. The average molecular weight is 491 g/mol. The number of fused-ring (bicyclic) bond motifs is 1. The molecule has 0 bridgehead atoms. The molecule has 35 heavy (non-hydrogen) atoms. The van der Waals surface area contributed by atoms with E-state index in [2.05, 4.69) is 50.4 Å². The molecular weight excluding hydrogens is 461 g/mol. The zero-order valence-electron chi connectivity index (χ0n) is 19.5. The summed E-state index contributed by atoms with van der Waals surface area (Å²) in [5.41, 5.74) is 3.81. The minimum atomic E-state index is -4.80. The van der Waals surface area contributed by atoms with Crippen LogP contribution in [0.3, 0.4) is 0 Å². The van der Waals surface area contributed by atoms with Gasteiger partial charge in [0, 0.05) is 31.5 Å². The molecule has 0 spiro atoms. The molecule has 0 saturated carbocycles. The molecule has 1 atom stereocenters. The summed E-state index contributed by atoms with van der Waals surface area (Å²) in [7, 11) is 2.07. The van der Waals surface area contributed by atoms with Crippen molar-refractivity contribution in [3.63, 3.8) is 0 Å². The van der Waals surface area contributed by atoms with E-state index in [4.69, 9.17) is 0 Å². The highest BCUT2D eigenvalue weighted by atomic mass is 19.4. The van der Waals surface area contributed by atoms with Crippen molar-refractivity contribution in [2.75, 3.05) is 43.4 Å². The third-order valence-corrected chi connectivity index (χ3v) is 6.46. The highest BCUT2D eigenvalue weighted by Crippen LogP contribution is 2.32. The lowest BCUT2D eigenvalue weighted by molar-refractivity contribution is -0.274. The molecule has 1 unspecified atom stereocenters. The molecule has 0 aliphatic carbocycles. The second-order valence-electron chi connectivity index (χ2n) is 8.91. The molecule has 2 aromatic rings. The summed E-state index contributed by atoms with van der Waals surface area (Å²) in [4.78, 5) is 29.5. The molecule has 2 amide bonds. The van der Waals surface area contributed by atoms with Gasteiger partial charge in [-0.15, -0.1) is 13.2 Å². The van der Waals surface area contributed by atoms with Gasteiger partial charge in [-0.05, 0) is 73.8 Å². The number of alkyl halides is 3. The van der Waals surface area contributed by atoms with E-state index in [1.807, 2.05) is 0 Å². The van der Waals surface area contributed by atoms with Gasteiger partial charge in [-0.2, -0.15) is 0 Å². The first kappa shape index (κ1) is 24.8. The first-order valence-electron chi connectivity index (χ1n) is 11.7. The minimum absolute atomic E-state index is 0.0537. The number of piperidine rings is 1. The van der Waals surface area contributed by atoms with Crippen LogP contribution in [0.1, 0.15) is 36.4 Å². The van der Waals surface area contributed by atoms with Crippen LogP contribution in [-0.2, 0) is 16.0 Å². The number of carbonyl (C=O) groups excluding carboxylic acids is 2. The number of amides is 2. The fourth-order valence-electron chi connectivity index (χ4n) is 4.68. The predicted molar refractivity (Wildman–Crippen MR) is 126 cm³/mol. The molecule has 2 aliphatic heterocycles. The molecular formula is C25H29F3N4O3. The second-order valence-corrected chi connectivity index (χ2v) is 8.91. The van der Waals surface area contributed by atoms with Gasteiger partial charge in [-0.3, -0.25) is 14.5 Å². The van der Waals surface area contributed by atoms with Gasteiger partial charge >= 0.3 is 18.2 Å². The fraction of sp³-hybridized carbons (Fsp3) is 0.440. The number of hydrogen-bond acceptors (Lipinski definition) is 5. The standard InChI is InChI=1S/C25H29F3N4O3/c1-31-14-11-18-15-17(5-10-21(18)31)22(32-12-3-2-4-13-32)16-29-23(33)24(34)30-19-6-8-20(9-7-19)35-25(26,27)28/h5-10,15,22H,2-4,11-14,16H2,1H3,(H,29,33)(H,30,34). The molecule has 4 rings (SSSR count). The average Bonchev–Trinajstić information content (AvgIpc) is 3.20. The predicted octanol–water partition coefficient (Wildman–Crippen LogP) is 3.86. The number of ether oxygens (including phenoxy) is 1. The largest absolute Gasteiger partial charge is 0.573 e. The molecule has 1 fully saturated rings. The van der Waals surface area contributed by atoms with Crippen LogP contribution in [0.25, 0.3) is 0 Å². The maximum absolute atomic E-state index is 12.5. The lowest BCUT2D eigenvalue weighted by Gasteiger charge is -2.35. The fourth-order valence-corrected chi connectivity index (χ4v) is 4.68. The Morgan fingerprint density at radius 3 is 2.40 bits per heavy atom. The second kappa shape index (κ2) is 10.6. The third-order valence-electron chi connectivity index (χ3n) is 6.46. The van der Waals surface area contributed by atoms with Crippen LogP contribution >= 0.6 is 0 Å². The Labute approximate surface area is 202 Å². The number of benzene rings is 2. The Hall–Kier alpha value is -3.27. The summed E-state index contributed by atoms with van der Waals surface area (Å²) >= 11 is 0. The molecule has 10 heteroatoms. The van der Waals surface area contributed by atoms with Gasteiger partial charge in [0.25, 0.3) is 0 Å². The molecule has 188 valence electrons. The highest BCUT2D eigenvalue weighted by molar-refractivity contribution is 6.39. The van der Waals surface area contributed by atoms with E-state index in [9.17, 15) is 22.8 Å². The van der Waals surface area contributed by atoms with Crippen molar-refractivity contribution in [2.24, 2.45) is 0 Å². The van der Waals surface area contributed by atoms with Crippen LogP contribution in [0.5, 0.6) is 5.75 Å². The van der Waals surface area contributed by atoms with Crippen LogP contribution in [0, 0.1) is 0 Å². The van der Waals surface area contributed by atoms with E-state index in [0.29, 0.717) is 0 Å². The summed E-state index contributed by atoms with van der Waals surface area (Å²) in [5, 5.41) is 5.15. The van der Waals surface area contributed by atoms with Crippen LogP contribution in [0.2, 0.25) is 0 Å². The Morgan fingerprint density at radius 2 is 1.71 bits per heavy atom. The van der Waals surface area contributed by atoms with Gasteiger partial charge in [0.15, 0.2) is 0 Å².